The lowest BCUT2D eigenvalue weighted by atomic mass is 10.0. The summed E-state index contributed by atoms with van der Waals surface area (Å²) in [6.45, 7) is 2.56. The number of hydrogen-bond donors (Lipinski definition) is 0. The van der Waals surface area contributed by atoms with Crippen molar-refractivity contribution >= 4 is 17.7 Å². The SMILES string of the molecule is COc1ccccc1CC(C)N(Cc1ccccc1)C(=O)c1ccc(CSc2nccn2C)o1. The molecule has 1 amide bonds. The lowest BCUT2D eigenvalue weighted by molar-refractivity contribution is 0.0640. The number of carbonyl (C=O) groups excluding carboxylic acids is 1. The number of methoxy groups -OCH3 is 1. The first-order chi connectivity index (χ1) is 16.5. The summed E-state index contributed by atoms with van der Waals surface area (Å²) >= 11 is 1.57. The Morgan fingerprint density at radius 2 is 1.88 bits per heavy atom. The molecule has 1 unspecified atom stereocenters. The van der Waals surface area contributed by atoms with Gasteiger partial charge in [-0.25, -0.2) is 4.98 Å². The number of nitrogens with zero attached hydrogens (tertiary/aromatic N) is 3. The van der Waals surface area contributed by atoms with Gasteiger partial charge in [-0.3, -0.25) is 4.79 Å². The summed E-state index contributed by atoms with van der Waals surface area (Å²) < 4.78 is 13.5. The Hall–Kier alpha value is -3.45. The van der Waals surface area contributed by atoms with Gasteiger partial charge in [0.2, 0.25) is 0 Å². The second-order valence-corrected chi connectivity index (χ2v) is 9.10. The molecule has 0 radical (unpaired) electrons. The van der Waals surface area contributed by atoms with E-state index in [0.29, 0.717) is 24.5 Å². The number of aryl methyl sites for hydroxylation is 1. The molecule has 0 saturated carbocycles. The molecule has 7 heteroatoms. The van der Waals surface area contributed by atoms with Crippen molar-refractivity contribution in [2.45, 2.75) is 36.8 Å². The van der Waals surface area contributed by atoms with E-state index in [2.05, 4.69) is 11.9 Å². The minimum absolute atomic E-state index is 0.0699. The van der Waals surface area contributed by atoms with Crippen LogP contribution in [0.1, 0.15) is 34.4 Å². The number of furan rings is 1. The van der Waals surface area contributed by atoms with Gasteiger partial charge in [0.15, 0.2) is 10.9 Å². The van der Waals surface area contributed by atoms with Crippen LogP contribution in [0.3, 0.4) is 0 Å². The molecule has 0 fully saturated rings. The number of benzene rings is 2. The quantitative estimate of drug-likeness (QED) is 0.280. The minimum Gasteiger partial charge on any atom is -0.496 e. The lowest BCUT2D eigenvalue weighted by Crippen LogP contribution is -2.39. The largest absolute Gasteiger partial charge is 0.496 e. The summed E-state index contributed by atoms with van der Waals surface area (Å²) in [6.07, 6.45) is 4.35. The van der Waals surface area contributed by atoms with Crippen molar-refractivity contribution in [3.05, 3.63) is 102 Å². The van der Waals surface area contributed by atoms with Crippen molar-refractivity contribution in [3.63, 3.8) is 0 Å². The van der Waals surface area contributed by atoms with E-state index in [1.54, 1.807) is 31.1 Å². The molecule has 2 aromatic heterocycles. The van der Waals surface area contributed by atoms with Crippen LogP contribution in [0.5, 0.6) is 5.75 Å². The molecule has 0 bridgehead atoms. The van der Waals surface area contributed by atoms with Gasteiger partial charge in [-0.05, 0) is 42.7 Å². The van der Waals surface area contributed by atoms with Gasteiger partial charge in [0.1, 0.15) is 11.5 Å². The number of ether oxygens (including phenoxy) is 1. The van der Waals surface area contributed by atoms with Crippen LogP contribution >= 0.6 is 11.8 Å². The van der Waals surface area contributed by atoms with E-state index in [1.165, 1.54) is 0 Å². The van der Waals surface area contributed by atoms with Crippen LogP contribution in [0.4, 0.5) is 0 Å². The highest BCUT2D eigenvalue weighted by atomic mass is 32.2. The van der Waals surface area contributed by atoms with Crippen LogP contribution in [0.15, 0.2) is 88.7 Å². The molecule has 2 aromatic carbocycles. The van der Waals surface area contributed by atoms with E-state index in [-0.39, 0.29) is 11.9 Å². The van der Waals surface area contributed by atoms with Crippen molar-refractivity contribution in [1.82, 2.24) is 14.5 Å². The first kappa shape index (κ1) is 23.7. The van der Waals surface area contributed by atoms with E-state index in [4.69, 9.17) is 9.15 Å². The number of amides is 1. The van der Waals surface area contributed by atoms with Gasteiger partial charge in [0, 0.05) is 32.0 Å². The van der Waals surface area contributed by atoms with Crippen molar-refractivity contribution < 1.29 is 13.9 Å². The van der Waals surface area contributed by atoms with Crippen LogP contribution in [0.25, 0.3) is 0 Å². The predicted molar refractivity (Wildman–Crippen MR) is 134 cm³/mol. The monoisotopic (exact) mass is 475 g/mol. The van der Waals surface area contributed by atoms with Crippen molar-refractivity contribution in [3.8, 4) is 5.75 Å². The number of carbonyl (C=O) groups is 1. The molecule has 176 valence electrons. The van der Waals surface area contributed by atoms with Crippen LogP contribution in [-0.2, 0) is 25.8 Å². The number of imidazole rings is 1. The molecule has 0 aliphatic rings. The second kappa shape index (κ2) is 11.1. The molecule has 4 rings (SSSR count). The Kier molecular flexibility index (Phi) is 7.75. The van der Waals surface area contributed by atoms with Gasteiger partial charge in [0.05, 0.1) is 12.9 Å². The van der Waals surface area contributed by atoms with Gasteiger partial charge < -0.3 is 18.6 Å². The summed E-state index contributed by atoms with van der Waals surface area (Å²) in [7, 11) is 3.63. The average Bonchev–Trinajstić information content (AvgIpc) is 3.50. The van der Waals surface area contributed by atoms with Crippen LogP contribution in [-0.4, -0.2) is 33.5 Å². The van der Waals surface area contributed by atoms with Crippen LogP contribution < -0.4 is 4.74 Å². The molecule has 0 spiro atoms. The third kappa shape index (κ3) is 5.72. The summed E-state index contributed by atoms with van der Waals surface area (Å²) in [6, 6.07) is 21.5. The highest BCUT2D eigenvalue weighted by molar-refractivity contribution is 7.98. The third-order valence-electron chi connectivity index (χ3n) is 5.69. The number of para-hydroxylation sites is 1. The van der Waals surface area contributed by atoms with Crippen LogP contribution in [0, 0.1) is 0 Å². The van der Waals surface area contributed by atoms with Gasteiger partial charge in [-0.2, -0.15) is 0 Å². The maximum absolute atomic E-state index is 13.6. The van der Waals surface area contributed by atoms with E-state index in [9.17, 15) is 4.79 Å². The molecule has 1 atom stereocenters. The molecule has 0 aliphatic heterocycles. The van der Waals surface area contributed by atoms with E-state index in [1.807, 2.05) is 83.4 Å². The van der Waals surface area contributed by atoms with E-state index < -0.39 is 0 Å². The predicted octanol–water partition coefficient (Wildman–Crippen LogP) is 5.59. The Bertz CT molecular complexity index is 1220. The Balaban J connectivity index is 1.53. The molecular weight excluding hydrogens is 446 g/mol. The molecule has 2 heterocycles. The van der Waals surface area contributed by atoms with Crippen molar-refractivity contribution in [2.75, 3.05) is 7.11 Å². The molecule has 6 nitrogen and oxygen atoms in total. The van der Waals surface area contributed by atoms with E-state index in [0.717, 1.165) is 27.8 Å². The van der Waals surface area contributed by atoms with Crippen LogP contribution in [0.2, 0.25) is 0 Å². The first-order valence-electron chi connectivity index (χ1n) is 11.2. The fourth-order valence-corrected chi connectivity index (χ4v) is 4.67. The maximum atomic E-state index is 13.6. The summed E-state index contributed by atoms with van der Waals surface area (Å²) in [4.78, 5) is 19.8. The second-order valence-electron chi connectivity index (χ2n) is 8.16. The molecular formula is C27H29N3O3S. The Morgan fingerprint density at radius 3 is 2.62 bits per heavy atom. The first-order valence-corrected chi connectivity index (χ1v) is 12.2. The fourth-order valence-electron chi connectivity index (χ4n) is 3.85. The third-order valence-corrected chi connectivity index (χ3v) is 6.77. The average molecular weight is 476 g/mol. The highest BCUT2D eigenvalue weighted by Gasteiger charge is 2.25. The number of hydrogen-bond acceptors (Lipinski definition) is 5. The zero-order valence-electron chi connectivity index (χ0n) is 19.7. The molecule has 0 aliphatic carbocycles. The minimum atomic E-state index is -0.125. The Morgan fingerprint density at radius 1 is 1.12 bits per heavy atom. The zero-order valence-corrected chi connectivity index (χ0v) is 20.5. The lowest BCUT2D eigenvalue weighted by Gasteiger charge is -2.29. The number of rotatable bonds is 10. The molecule has 4 aromatic rings. The Labute approximate surface area is 204 Å². The normalized spacial score (nSPS) is 11.9. The fraction of sp³-hybridized carbons (Fsp3) is 0.259. The molecule has 0 N–H and O–H groups in total. The maximum Gasteiger partial charge on any atom is 0.290 e. The highest BCUT2D eigenvalue weighted by Crippen LogP contribution is 2.25. The summed E-state index contributed by atoms with van der Waals surface area (Å²) in [5.74, 6) is 2.40. The number of aromatic nitrogens is 2. The molecule has 0 saturated heterocycles. The zero-order chi connectivity index (χ0) is 23.9. The van der Waals surface area contributed by atoms with Gasteiger partial charge >= 0.3 is 0 Å². The van der Waals surface area contributed by atoms with Gasteiger partial charge in [0.25, 0.3) is 5.91 Å². The van der Waals surface area contributed by atoms with Crippen molar-refractivity contribution in [1.29, 1.82) is 0 Å². The summed E-state index contributed by atoms with van der Waals surface area (Å²) in [5.41, 5.74) is 2.13. The number of thioether (sulfide) groups is 1. The van der Waals surface area contributed by atoms with Gasteiger partial charge in [-0.1, -0.05) is 60.3 Å². The standard InChI is InChI=1S/C27H29N3O3S/c1-20(17-22-11-7-8-12-24(22)32-3)30(18-21-9-5-4-6-10-21)26(31)25-14-13-23(33-25)19-34-27-28-15-16-29(27)2/h4-16,20H,17-19H2,1-3H3. The van der Waals surface area contributed by atoms with Gasteiger partial charge in [-0.15, -0.1) is 0 Å². The summed E-state index contributed by atoms with van der Waals surface area (Å²) in [5, 5.41) is 0.903. The van der Waals surface area contributed by atoms with E-state index >= 15 is 0 Å². The topological polar surface area (TPSA) is 60.5 Å². The molecule has 34 heavy (non-hydrogen) atoms. The van der Waals surface area contributed by atoms with Crippen molar-refractivity contribution in [2.24, 2.45) is 7.05 Å². The smallest absolute Gasteiger partial charge is 0.290 e.